The van der Waals surface area contributed by atoms with Gasteiger partial charge >= 0.3 is 0 Å². The summed E-state index contributed by atoms with van der Waals surface area (Å²) in [5.41, 5.74) is 2.36. The highest BCUT2D eigenvalue weighted by atomic mass is 35.5. The third-order valence-electron chi connectivity index (χ3n) is 5.21. The highest BCUT2D eigenvalue weighted by Gasteiger charge is 2.19. The molecule has 0 bridgehead atoms. The van der Waals surface area contributed by atoms with Crippen LogP contribution in [0.25, 0.3) is 0 Å². The summed E-state index contributed by atoms with van der Waals surface area (Å²) in [6.07, 6.45) is 3.85. The number of rotatable bonds is 8. The molecule has 8 heteroatoms. The van der Waals surface area contributed by atoms with Gasteiger partial charge in [-0.25, -0.2) is 13.1 Å². The molecule has 1 fully saturated rings. The molecule has 0 aliphatic carbocycles. The van der Waals surface area contributed by atoms with Crippen LogP contribution in [0.4, 0.5) is 0 Å². The zero-order valence-corrected chi connectivity index (χ0v) is 19.6. The average molecular weight is 464 g/mol. The summed E-state index contributed by atoms with van der Waals surface area (Å²) in [5, 5.41) is 3.03. The summed E-state index contributed by atoms with van der Waals surface area (Å²) < 4.78 is 27.3. The Hall–Kier alpha value is -1.93. The number of hydrogen-bond donors (Lipinski definition) is 2. The summed E-state index contributed by atoms with van der Waals surface area (Å²) in [4.78, 5) is 15.1. The lowest BCUT2D eigenvalue weighted by Gasteiger charge is -2.26. The summed E-state index contributed by atoms with van der Waals surface area (Å²) >= 11 is 6.16. The number of halogens is 1. The second kappa shape index (κ2) is 10.6. The second-order valence-electron chi connectivity index (χ2n) is 8.25. The van der Waals surface area contributed by atoms with Gasteiger partial charge in [-0.05, 0) is 69.1 Å². The van der Waals surface area contributed by atoms with Crippen molar-refractivity contribution < 1.29 is 13.2 Å². The standard InChI is InChI=1S/C23H30ClN3O3S/c1-17(2)26-31(29,30)20-10-11-22(24)21(14-20)23(28)25-15-18-6-8-19(9-7-18)16-27-12-4-3-5-13-27/h6-11,14,17,26H,3-5,12-13,15-16H2,1-2H3,(H,25,28). The fourth-order valence-corrected chi connectivity index (χ4v) is 5.12. The Bertz CT molecular complexity index is 1000. The van der Waals surface area contributed by atoms with Crippen LogP contribution in [0.3, 0.4) is 0 Å². The SMILES string of the molecule is CC(C)NS(=O)(=O)c1ccc(Cl)c(C(=O)NCc2ccc(CN3CCCCC3)cc2)c1. The Morgan fingerprint density at radius 2 is 1.68 bits per heavy atom. The molecule has 1 saturated heterocycles. The molecule has 0 radical (unpaired) electrons. The van der Waals surface area contributed by atoms with Crippen molar-refractivity contribution in [3.63, 3.8) is 0 Å². The van der Waals surface area contributed by atoms with Gasteiger partial charge in [-0.2, -0.15) is 0 Å². The van der Waals surface area contributed by atoms with E-state index in [1.165, 1.54) is 43.0 Å². The average Bonchev–Trinajstić information content (AvgIpc) is 2.73. The number of amides is 1. The van der Waals surface area contributed by atoms with Crippen molar-refractivity contribution in [3.05, 3.63) is 64.2 Å². The van der Waals surface area contributed by atoms with E-state index in [2.05, 4.69) is 27.1 Å². The molecule has 1 aliphatic rings. The van der Waals surface area contributed by atoms with Crippen LogP contribution in [-0.4, -0.2) is 38.4 Å². The fourth-order valence-electron chi connectivity index (χ4n) is 3.64. The van der Waals surface area contributed by atoms with Crippen LogP contribution in [0.15, 0.2) is 47.4 Å². The van der Waals surface area contributed by atoms with Gasteiger partial charge < -0.3 is 5.32 Å². The van der Waals surface area contributed by atoms with E-state index < -0.39 is 15.9 Å². The van der Waals surface area contributed by atoms with E-state index >= 15 is 0 Å². The minimum absolute atomic E-state index is 0.0119. The van der Waals surface area contributed by atoms with E-state index in [1.807, 2.05) is 12.1 Å². The number of piperidine rings is 1. The predicted molar refractivity (Wildman–Crippen MR) is 124 cm³/mol. The van der Waals surface area contributed by atoms with Gasteiger partial charge in [-0.3, -0.25) is 9.69 Å². The first-order valence-corrected chi connectivity index (χ1v) is 12.5. The van der Waals surface area contributed by atoms with Gasteiger partial charge in [0.2, 0.25) is 10.0 Å². The summed E-state index contributed by atoms with van der Waals surface area (Å²) in [7, 11) is -3.71. The van der Waals surface area contributed by atoms with Gasteiger partial charge in [0.25, 0.3) is 5.91 Å². The molecule has 0 unspecified atom stereocenters. The normalized spacial score (nSPS) is 15.2. The van der Waals surface area contributed by atoms with E-state index in [9.17, 15) is 13.2 Å². The van der Waals surface area contributed by atoms with Gasteiger partial charge in [-0.1, -0.05) is 42.3 Å². The second-order valence-corrected chi connectivity index (χ2v) is 10.4. The molecular weight excluding hydrogens is 434 g/mol. The largest absolute Gasteiger partial charge is 0.348 e. The van der Waals surface area contributed by atoms with Gasteiger partial charge in [0.15, 0.2) is 0 Å². The summed E-state index contributed by atoms with van der Waals surface area (Å²) in [6, 6.07) is 12.1. The molecule has 31 heavy (non-hydrogen) atoms. The number of carbonyl (C=O) groups excluding carboxylic acids is 1. The highest BCUT2D eigenvalue weighted by Crippen LogP contribution is 2.21. The molecule has 1 amide bonds. The van der Waals surface area contributed by atoms with Crippen LogP contribution in [-0.2, 0) is 23.1 Å². The Morgan fingerprint density at radius 1 is 1.03 bits per heavy atom. The third kappa shape index (κ3) is 6.77. The van der Waals surface area contributed by atoms with Gasteiger partial charge in [0, 0.05) is 19.1 Å². The molecule has 2 aromatic rings. The molecule has 1 aliphatic heterocycles. The van der Waals surface area contributed by atoms with Crippen LogP contribution < -0.4 is 10.0 Å². The van der Waals surface area contributed by atoms with Crippen LogP contribution in [0.5, 0.6) is 0 Å². The van der Waals surface area contributed by atoms with Crippen molar-refractivity contribution in [1.29, 1.82) is 0 Å². The van der Waals surface area contributed by atoms with Crippen molar-refractivity contribution in [2.75, 3.05) is 13.1 Å². The molecular formula is C23H30ClN3O3S. The quantitative estimate of drug-likeness (QED) is 0.621. The van der Waals surface area contributed by atoms with E-state index in [0.29, 0.717) is 6.54 Å². The number of carbonyl (C=O) groups is 1. The fraction of sp³-hybridized carbons (Fsp3) is 0.435. The maximum Gasteiger partial charge on any atom is 0.253 e. The number of nitrogens with one attached hydrogen (secondary N) is 2. The maximum atomic E-state index is 12.7. The summed E-state index contributed by atoms with van der Waals surface area (Å²) in [6.45, 7) is 7.06. The van der Waals surface area contributed by atoms with E-state index in [-0.39, 0.29) is 21.5 Å². The Kier molecular flexibility index (Phi) is 8.11. The molecule has 0 saturated carbocycles. The van der Waals surface area contributed by atoms with Gasteiger partial charge in [0.05, 0.1) is 15.5 Å². The predicted octanol–water partition coefficient (Wildman–Crippen LogP) is 3.94. The Labute approximate surface area is 190 Å². The lowest BCUT2D eigenvalue weighted by atomic mass is 10.1. The van der Waals surface area contributed by atoms with Crippen molar-refractivity contribution in [2.45, 2.75) is 57.1 Å². The first-order chi connectivity index (χ1) is 14.7. The molecule has 0 aromatic heterocycles. The lowest BCUT2D eigenvalue weighted by Crippen LogP contribution is -2.30. The molecule has 2 N–H and O–H groups in total. The number of sulfonamides is 1. The van der Waals surface area contributed by atoms with Crippen molar-refractivity contribution >= 4 is 27.5 Å². The maximum absolute atomic E-state index is 12.7. The van der Waals surface area contributed by atoms with Crippen molar-refractivity contribution in [1.82, 2.24) is 14.9 Å². The zero-order valence-electron chi connectivity index (χ0n) is 18.0. The van der Waals surface area contributed by atoms with Gasteiger partial charge in [-0.15, -0.1) is 0 Å². The third-order valence-corrected chi connectivity index (χ3v) is 7.20. The molecule has 3 rings (SSSR count). The monoisotopic (exact) mass is 463 g/mol. The smallest absolute Gasteiger partial charge is 0.253 e. The van der Waals surface area contributed by atoms with Crippen LogP contribution in [0, 0.1) is 0 Å². The van der Waals surface area contributed by atoms with Crippen molar-refractivity contribution in [3.8, 4) is 0 Å². The molecule has 0 atom stereocenters. The summed E-state index contributed by atoms with van der Waals surface area (Å²) in [5.74, 6) is -0.413. The minimum Gasteiger partial charge on any atom is -0.348 e. The Morgan fingerprint density at radius 3 is 2.32 bits per heavy atom. The minimum atomic E-state index is -3.71. The topological polar surface area (TPSA) is 78.5 Å². The van der Waals surface area contributed by atoms with E-state index in [0.717, 1.165) is 25.2 Å². The van der Waals surface area contributed by atoms with Crippen LogP contribution >= 0.6 is 11.6 Å². The molecule has 2 aromatic carbocycles. The number of likely N-dealkylation sites (tertiary alicyclic amines) is 1. The number of nitrogens with zero attached hydrogens (tertiary/aromatic N) is 1. The van der Waals surface area contributed by atoms with Crippen molar-refractivity contribution in [2.24, 2.45) is 0 Å². The molecule has 1 heterocycles. The zero-order chi connectivity index (χ0) is 22.4. The first-order valence-electron chi connectivity index (χ1n) is 10.6. The van der Waals surface area contributed by atoms with Crippen LogP contribution in [0.2, 0.25) is 5.02 Å². The Balaban J connectivity index is 1.62. The molecule has 0 spiro atoms. The molecule has 168 valence electrons. The van der Waals surface area contributed by atoms with E-state index in [1.54, 1.807) is 13.8 Å². The number of hydrogen-bond acceptors (Lipinski definition) is 4. The first kappa shape index (κ1) is 23.7. The van der Waals surface area contributed by atoms with Gasteiger partial charge in [0.1, 0.15) is 0 Å². The lowest BCUT2D eigenvalue weighted by molar-refractivity contribution is 0.0951. The van der Waals surface area contributed by atoms with Crippen LogP contribution in [0.1, 0.15) is 54.6 Å². The van der Waals surface area contributed by atoms with E-state index in [4.69, 9.17) is 11.6 Å². The number of benzene rings is 2. The molecule has 6 nitrogen and oxygen atoms in total. The highest BCUT2D eigenvalue weighted by molar-refractivity contribution is 7.89.